The summed E-state index contributed by atoms with van der Waals surface area (Å²) in [5.74, 6) is -0.519. The molecule has 1 rings (SSSR count). The van der Waals surface area contributed by atoms with Crippen LogP contribution in [0.2, 0.25) is 5.02 Å². The van der Waals surface area contributed by atoms with E-state index in [-0.39, 0.29) is 0 Å². The number of hydrogen-bond acceptors (Lipinski definition) is 2. The molecule has 0 atom stereocenters. The molecular formula is C11H9ClN2. The first-order valence-corrected chi connectivity index (χ1v) is 4.67. The topological polar surface area (TPSA) is 47.6 Å². The molecule has 0 radical (unpaired) electrons. The van der Waals surface area contributed by atoms with Gasteiger partial charge in [-0.15, -0.1) is 0 Å². The lowest BCUT2D eigenvalue weighted by Crippen LogP contribution is -1.95. The number of hydrogen-bond donors (Lipinski definition) is 0. The Labute approximate surface area is 88.3 Å². The molecule has 0 bridgehead atoms. The van der Waals surface area contributed by atoms with Gasteiger partial charge in [-0.1, -0.05) is 23.7 Å². The first kappa shape index (κ1) is 10.6. The number of aryl methyl sites for hydroxylation is 1. The van der Waals surface area contributed by atoms with Crippen LogP contribution in [-0.4, -0.2) is 0 Å². The summed E-state index contributed by atoms with van der Waals surface area (Å²) in [5.41, 5.74) is 1.06. The van der Waals surface area contributed by atoms with Crippen LogP contribution in [0.25, 0.3) is 0 Å². The van der Waals surface area contributed by atoms with Gasteiger partial charge in [-0.05, 0) is 30.5 Å². The standard InChI is InChI=1S/C11H9ClN2/c12-11-3-1-2-9(6-11)4-5-10(7-13)8-14/h1-3,6,10H,4-5H2. The number of nitrogens with zero attached hydrogens (tertiary/aromatic N) is 2. The molecule has 0 unspecified atom stereocenters. The fourth-order valence-electron chi connectivity index (χ4n) is 1.16. The summed E-state index contributed by atoms with van der Waals surface area (Å²) in [4.78, 5) is 0. The van der Waals surface area contributed by atoms with Crippen LogP contribution < -0.4 is 0 Å². The molecular weight excluding hydrogens is 196 g/mol. The van der Waals surface area contributed by atoms with Gasteiger partial charge in [0.05, 0.1) is 12.1 Å². The Morgan fingerprint density at radius 1 is 1.29 bits per heavy atom. The van der Waals surface area contributed by atoms with Crippen LogP contribution in [0.1, 0.15) is 12.0 Å². The zero-order valence-electron chi connectivity index (χ0n) is 7.57. The van der Waals surface area contributed by atoms with E-state index in [1.54, 1.807) is 6.07 Å². The lowest BCUT2D eigenvalue weighted by molar-refractivity contribution is 0.731. The summed E-state index contributed by atoms with van der Waals surface area (Å²) in [5, 5.41) is 17.8. The van der Waals surface area contributed by atoms with E-state index in [1.165, 1.54) is 0 Å². The van der Waals surface area contributed by atoms with Crippen molar-refractivity contribution in [2.75, 3.05) is 0 Å². The van der Waals surface area contributed by atoms with E-state index in [4.69, 9.17) is 22.1 Å². The van der Waals surface area contributed by atoms with Crippen LogP contribution in [0.15, 0.2) is 24.3 Å². The molecule has 0 aromatic heterocycles. The highest BCUT2D eigenvalue weighted by atomic mass is 35.5. The normalized spacial score (nSPS) is 9.43. The van der Waals surface area contributed by atoms with Crippen molar-refractivity contribution < 1.29 is 0 Å². The number of nitriles is 2. The molecule has 0 fully saturated rings. The summed E-state index contributed by atoms with van der Waals surface area (Å²) in [6, 6.07) is 11.4. The van der Waals surface area contributed by atoms with Crippen LogP contribution in [0, 0.1) is 28.6 Å². The second kappa shape index (κ2) is 5.27. The van der Waals surface area contributed by atoms with E-state index in [9.17, 15) is 0 Å². The van der Waals surface area contributed by atoms with Gasteiger partial charge in [0.2, 0.25) is 0 Å². The predicted molar refractivity (Wildman–Crippen MR) is 54.5 cm³/mol. The van der Waals surface area contributed by atoms with Gasteiger partial charge < -0.3 is 0 Å². The average Bonchev–Trinajstić information content (AvgIpc) is 2.19. The molecule has 0 spiro atoms. The van der Waals surface area contributed by atoms with Crippen LogP contribution in [-0.2, 0) is 6.42 Å². The second-order valence-corrected chi connectivity index (χ2v) is 3.42. The van der Waals surface area contributed by atoms with E-state index >= 15 is 0 Å². The Balaban J connectivity index is 2.55. The molecule has 0 heterocycles. The summed E-state index contributed by atoms with van der Waals surface area (Å²) >= 11 is 5.80. The zero-order chi connectivity index (χ0) is 10.4. The van der Waals surface area contributed by atoms with E-state index in [0.717, 1.165) is 5.56 Å². The third kappa shape index (κ3) is 3.09. The summed E-state index contributed by atoms with van der Waals surface area (Å²) < 4.78 is 0. The molecule has 70 valence electrons. The number of rotatable bonds is 3. The van der Waals surface area contributed by atoms with Crippen molar-refractivity contribution >= 4 is 11.6 Å². The summed E-state index contributed by atoms with van der Waals surface area (Å²) in [6.07, 6.45) is 1.28. The Morgan fingerprint density at radius 2 is 2.00 bits per heavy atom. The van der Waals surface area contributed by atoms with Crippen molar-refractivity contribution in [3.8, 4) is 12.1 Å². The Bertz CT molecular complexity index is 373. The van der Waals surface area contributed by atoms with Crippen LogP contribution in [0.5, 0.6) is 0 Å². The zero-order valence-corrected chi connectivity index (χ0v) is 8.33. The van der Waals surface area contributed by atoms with E-state index in [1.807, 2.05) is 30.3 Å². The van der Waals surface area contributed by atoms with E-state index < -0.39 is 5.92 Å². The summed E-state index contributed by atoms with van der Waals surface area (Å²) in [6.45, 7) is 0. The quantitative estimate of drug-likeness (QED) is 0.760. The Kier molecular flexibility index (Phi) is 3.98. The monoisotopic (exact) mass is 204 g/mol. The lowest BCUT2D eigenvalue weighted by Gasteiger charge is -2.01. The lowest BCUT2D eigenvalue weighted by atomic mass is 10.0. The van der Waals surface area contributed by atoms with Gasteiger partial charge in [-0.3, -0.25) is 0 Å². The smallest absolute Gasteiger partial charge is 0.133 e. The maximum atomic E-state index is 8.56. The Hall–Kier alpha value is -1.51. The highest BCUT2D eigenvalue weighted by molar-refractivity contribution is 6.30. The minimum atomic E-state index is -0.519. The molecule has 0 N–H and O–H groups in total. The summed E-state index contributed by atoms with van der Waals surface area (Å²) in [7, 11) is 0. The van der Waals surface area contributed by atoms with Gasteiger partial charge in [-0.2, -0.15) is 10.5 Å². The largest absolute Gasteiger partial charge is 0.197 e. The van der Waals surface area contributed by atoms with Crippen molar-refractivity contribution in [3.63, 3.8) is 0 Å². The van der Waals surface area contributed by atoms with Gasteiger partial charge in [0.1, 0.15) is 5.92 Å². The first-order valence-electron chi connectivity index (χ1n) is 4.30. The molecule has 1 aromatic rings. The molecule has 3 heteroatoms. The predicted octanol–water partition coefficient (Wildman–Crippen LogP) is 2.94. The Morgan fingerprint density at radius 3 is 2.57 bits per heavy atom. The number of benzene rings is 1. The van der Waals surface area contributed by atoms with Gasteiger partial charge in [0.15, 0.2) is 0 Å². The van der Waals surface area contributed by atoms with Gasteiger partial charge in [0, 0.05) is 5.02 Å². The van der Waals surface area contributed by atoms with E-state index in [2.05, 4.69) is 0 Å². The molecule has 0 aliphatic carbocycles. The molecule has 14 heavy (non-hydrogen) atoms. The number of halogens is 1. The highest BCUT2D eigenvalue weighted by Gasteiger charge is 2.05. The molecule has 2 nitrogen and oxygen atoms in total. The highest BCUT2D eigenvalue weighted by Crippen LogP contribution is 2.14. The third-order valence-corrected chi connectivity index (χ3v) is 2.16. The maximum absolute atomic E-state index is 8.56. The third-order valence-electron chi connectivity index (χ3n) is 1.92. The van der Waals surface area contributed by atoms with Crippen LogP contribution in [0.4, 0.5) is 0 Å². The van der Waals surface area contributed by atoms with Gasteiger partial charge >= 0.3 is 0 Å². The van der Waals surface area contributed by atoms with E-state index in [0.29, 0.717) is 17.9 Å². The minimum Gasteiger partial charge on any atom is -0.197 e. The van der Waals surface area contributed by atoms with Gasteiger partial charge in [-0.25, -0.2) is 0 Å². The second-order valence-electron chi connectivity index (χ2n) is 2.98. The molecule has 0 saturated carbocycles. The fourth-order valence-corrected chi connectivity index (χ4v) is 1.37. The fraction of sp³-hybridized carbons (Fsp3) is 0.273. The average molecular weight is 205 g/mol. The molecule has 0 aliphatic rings. The molecule has 0 aliphatic heterocycles. The van der Waals surface area contributed by atoms with Crippen molar-refractivity contribution in [2.24, 2.45) is 5.92 Å². The molecule has 1 aromatic carbocycles. The minimum absolute atomic E-state index is 0.519. The van der Waals surface area contributed by atoms with Gasteiger partial charge in [0.25, 0.3) is 0 Å². The van der Waals surface area contributed by atoms with Crippen LogP contribution >= 0.6 is 11.6 Å². The van der Waals surface area contributed by atoms with Crippen molar-refractivity contribution in [1.29, 1.82) is 10.5 Å². The molecule has 0 saturated heterocycles. The van der Waals surface area contributed by atoms with Crippen molar-refractivity contribution in [3.05, 3.63) is 34.9 Å². The first-order chi connectivity index (χ1) is 6.76. The molecule has 0 amide bonds. The van der Waals surface area contributed by atoms with Crippen molar-refractivity contribution in [2.45, 2.75) is 12.8 Å². The maximum Gasteiger partial charge on any atom is 0.133 e. The van der Waals surface area contributed by atoms with Crippen molar-refractivity contribution in [1.82, 2.24) is 0 Å². The van der Waals surface area contributed by atoms with Crippen LogP contribution in [0.3, 0.4) is 0 Å². The SMILES string of the molecule is N#CC(C#N)CCc1cccc(Cl)c1.